The van der Waals surface area contributed by atoms with Crippen molar-refractivity contribution in [2.45, 2.75) is 52.5 Å². The predicted octanol–water partition coefficient (Wildman–Crippen LogP) is 3.74. The van der Waals surface area contributed by atoms with Crippen LogP contribution in [0, 0.1) is 6.92 Å². The van der Waals surface area contributed by atoms with Crippen molar-refractivity contribution in [1.29, 1.82) is 0 Å². The first-order valence-corrected chi connectivity index (χ1v) is 7.75. The molecule has 1 heterocycles. The van der Waals surface area contributed by atoms with Crippen molar-refractivity contribution in [1.82, 2.24) is 9.55 Å². The number of hydrogen-bond donors (Lipinski definition) is 0. The van der Waals surface area contributed by atoms with Gasteiger partial charge in [0.2, 0.25) is 0 Å². The molecule has 0 N–H and O–H groups in total. The van der Waals surface area contributed by atoms with Gasteiger partial charge in [0.25, 0.3) is 0 Å². The molecule has 2 rings (SSSR count). The number of hydrogen-bond acceptors (Lipinski definition) is 2. The van der Waals surface area contributed by atoms with E-state index < -0.39 is 0 Å². The summed E-state index contributed by atoms with van der Waals surface area (Å²) in [5.74, 6) is 0.270. The monoisotopic (exact) mass is 284 g/mol. The zero-order chi connectivity index (χ0) is 15.1. The van der Waals surface area contributed by atoms with Gasteiger partial charge < -0.3 is 4.57 Å². The molecule has 0 aliphatic rings. The number of unbranched alkanes of at least 4 members (excludes halogenated alkanes) is 1. The zero-order valence-electron chi connectivity index (χ0n) is 13.0. The third-order valence-electron chi connectivity index (χ3n) is 3.74. The lowest BCUT2D eigenvalue weighted by Gasteiger charge is -2.07. The summed E-state index contributed by atoms with van der Waals surface area (Å²) in [6, 6.07) is 8.40. The van der Waals surface area contributed by atoms with Gasteiger partial charge in [0, 0.05) is 18.3 Å². The predicted molar refractivity (Wildman–Crippen MR) is 85.3 cm³/mol. The average molecular weight is 284 g/mol. The minimum absolute atomic E-state index is 0.270. The summed E-state index contributed by atoms with van der Waals surface area (Å²) in [5.41, 5.74) is 3.65. The van der Waals surface area contributed by atoms with E-state index >= 15 is 0 Å². The molecule has 1 aromatic heterocycles. The first-order chi connectivity index (χ1) is 10.2. The number of aryl methyl sites for hydroxylation is 3. The number of nitrogens with zero attached hydrogens (tertiary/aromatic N) is 2. The molecule has 1 aromatic carbocycles. The third kappa shape index (κ3) is 4.85. The van der Waals surface area contributed by atoms with Gasteiger partial charge in [-0.2, -0.15) is 0 Å². The lowest BCUT2D eigenvalue weighted by Crippen LogP contribution is -2.12. The summed E-state index contributed by atoms with van der Waals surface area (Å²) in [6.45, 7) is 4.70. The van der Waals surface area contributed by atoms with Gasteiger partial charge in [0.1, 0.15) is 0 Å². The molecule has 0 aliphatic heterocycles. The second kappa shape index (κ2) is 7.77. The summed E-state index contributed by atoms with van der Waals surface area (Å²) in [6.07, 6.45) is 8.36. The van der Waals surface area contributed by atoms with Gasteiger partial charge in [-0.1, -0.05) is 43.2 Å². The largest absolute Gasteiger partial charge is 0.327 e. The van der Waals surface area contributed by atoms with Gasteiger partial charge in [-0.25, -0.2) is 4.98 Å². The van der Waals surface area contributed by atoms with E-state index in [1.165, 1.54) is 16.8 Å². The van der Waals surface area contributed by atoms with E-state index in [2.05, 4.69) is 43.1 Å². The maximum atomic E-state index is 12.1. The number of carbonyl (C=O) groups excluding carboxylic acids is 1. The molecule has 0 aliphatic carbocycles. The highest BCUT2D eigenvalue weighted by molar-refractivity contribution is 5.78. The lowest BCUT2D eigenvalue weighted by atomic mass is 10.1. The van der Waals surface area contributed by atoms with Crippen LogP contribution in [-0.2, 0) is 24.2 Å². The molecule has 0 atom stereocenters. The van der Waals surface area contributed by atoms with Crippen LogP contribution < -0.4 is 0 Å². The third-order valence-corrected chi connectivity index (χ3v) is 3.74. The summed E-state index contributed by atoms with van der Waals surface area (Å²) in [7, 11) is 0. The molecule has 0 saturated carbocycles. The Balaban J connectivity index is 1.84. The fraction of sp³-hybridized carbons (Fsp3) is 0.444. The summed E-state index contributed by atoms with van der Waals surface area (Å²) < 4.78 is 1.99. The summed E-state index contributed by atoms with van der Waals surface area (Å²) >= 11 is 0. The number of ketones is 1. The Morgan fingerprint density at radius 1 is 1.19 bits per heavy atom. The van der Waals surface area contributed by atoms with E-state index in [9.17, 15) is 4.79 Å². The highest BCUT2D eigenvalue weighted by Crippen LogP contribution is 2.09. The number of imidazole rings is 1. The molecule has 3 heteroatoms. The Morgan fingerprint density at radius 3 is 2.67 bits per heavy atom. The topological polar surface area (TPSA) is 34.9 Å². The molecular formula is C18H24N2O. The van der Waals surface area contributed by atoms with Crippen LogP contribution in [0.1, 0.15) is 43.0 Å². The standard InChI is InChI=1S/C18H24N2O/c1-3-4-5-17-12-19-14-20(17)13-18(21)11-10-16-8-6-15(2)7-9-16/h6-9,12,14H,3-5,10-11,13H2,1-2H3. The molecule has 3 nitrogen and oxygen atoms in total. The molecular weight excluding hydrogens is 260 g/mol. The Hall–Kier alpha value is -1.90. The molecule has 0 saturated heterocycles. The minimum Gasteiger partial charge on any atom is -0.327 e. The van der Waals surface area contributed by atoms with E-state index in [0.29, 0.717) is 13.0 Å². The molecule has 0 spiro atoms. The molecule has 21 heavy (non-hydrogen) atoms. The Bertz CT molecular complexity index is 569. The van der Waals surface area contributed by atoms with Gasteiger partial charge in [-0.15, -0.1) is 0 Å². The zero-order valence-corrected chi connectivity index (χ0v) is 13.0. The number of benzene rings is 1. The second-order valence-electron chi connectivity index (χ2n) is 5.64. The van der Waals surface area contributed by atoms with E-state index in [4.69, 9.17) is 0 Å². The summed E-state index contributed by atoms with van der Waals surface area (Å²) in [5, 5.41) is 0. The molecule has 0 unspecified atom stereocenters. The van der Waals surface area contributed by atoms with Gasteiger partial charge in [-0.3, -0.25) is 4.79 Å². The van der Waals surface area contributed by atoms with E-state index in [-0.39, 0.29) is 5.78 Å². The van der Waals surface area contributed by atoms with Crippen LogP contribution in [-0.4, -0.2) is 15.3 Å². The van der Waals surface area contributed by atoms with Crippen LogP contribution >= 0.6 is 0 Å². The lowest BCUT2D eigenvalue weighted by molar-refractivity contribution is -0.119. The van der Waals surface area contributed by atoms with Crippen molar-refractivity contribution in [2.24, 2.45) is 0 Å². The summed E-state index contributed by atoms with van der Waals surface area (Å²) in [4.78, 5) is 16.3. The number of aromatic nitrogens is 2. The van der Waals surface area contributed by atoms with Gasteiger partial charge in [-0.05, 0) is 31.7 Å². The van der Waals surface area contributed by atoms with E-state index in [1.807, 2.05) is 10.8 Å². The smallest absolute Gasteiger partial charge is 0.152 e. The van der Waals surface area contributed by atoms with Crippen molar-refractivity contribution in [3.63, 3.8) is 0 Å². The number of carbonyl (C=O) groups is 1. The normalized spacial score (nSPS) is 10.8. The molecule has 2 aromatic rings. The first-order valence-electron chi connectivity index (χ1n) is 7.75. The first kappa shape index (κ1) is 15.5. The highest BCUT2D eigenvalue weighted by Gasteiger charge is 2.07. The second-order valence-corrected chi connectivity index (χ2v) is 5.64. The highest BCUT2D eigenvalue weighted by atomic mass is 16.1. The van der Waals surface area contributed by atoms with Gasteiger partial charge in [0.15, 0.2) is 5.78 Å². The molecule has 112 valence electrons. The van der Waals surface area contributed by atoms with Crippen molar-refractivity contribution >= 4 is 5.78 Å². The number of rotatable bonds is 8. The fourth-order valence-corrected chi connectivity index (χ4v) is 2.36. The van der Waals surface area contributed by atoms with Crippen LogP contribution in [0.15, 0.2) is 36.8 Å². The molecule has 0 amide bonds. The fourth-order valence-electron chi connectivity index (χ4n) is 2.36. The van der Waals surface area contributed by atoms with Gasteiger partial charge >= 0.3 is 0 Å². The van der Waals surface area contributed by atoms with Gasteiger partial charge in [0.05, 0.1) is 12.9 Å². The van der Waals surface area contributed by atoms with Crippen molar-refractivity contribution < 1.29 is 4.79 Å². The van der Waals surface area contributed by atoms with Crippen molar-refractivity contribution in [3.05, 3.63) is 53.6 Å². The Kier molecular flexibility index (Phi) is 5.73. The maximum absolute atomic E-state index is 12.1. The van der Waals surface area contributed by atoms with E-state index in [1.54, 1.807) is 6.33 Å². The van der Waals surface area contributed by atoms with Crippen LogP contribution in [0.5, 0.6) is 0 Å². The SMILES string of the molecule is CCCCc1cncn1CC(=O)CCc1ccc(C)cc1. The van der Waals surface area contributed by atoms with Crippen LogP contribution in [0.2, 0.25) is 0 Å². The molecule has 0 bridgehead atoms. The minimum atomic E-state index is 0.270. The molecule has 0 fully saturated rings. The van der Waals surface area contributed by atoms with Crippen molar-refractivity contribution in [2.75, 3.05) is 0 Å². The maximum Gasteiger partial charge on any atom is 0.152 e. The van der Waals surface area contributed by atoms with Crippen LogP contribution in [0.4, 0.5) is 0 Å². The number of Topliss-reactive ketones (excluding diaryl/α,β-unsaturated/α-hetero) is 1. The van der Waals surface area contributed by atoms with E-state index in [0.717, 1.165) is 25.7 Å². The van der Waals surface area contributed by atoms with Crippen molar-refractivity contribution in [3.8, 4) is 0 Å². The van der Waals surface area contributed by atoms with Crippen LogP contribution in [0.25, 0.3) is 0 Å². The average Bonchev–Trinajstić information content (AvgIpc) is 2.91. The molecule has 0 radical (unpaired) electrons. The quantitative estimate of drug-likeness (QED) is 0.740. The Morgan fingerprint density at radius 2 is 1.95 bits per heavy atom. The van der Waals surface area contributed by atoms with Crippen LogP contribution in [0.3, 0.4) is 0 Å². The Labute approximate surface area is 127 Å².